The minimum absolute atomic E-state index is 0.0737. The maximum atomic E-state index is 11.2. The summed E-state index contributed by atoms with van der Waals surface area (Å²) in [7, 11) is 0. The number of aliphatic hydroxyl groups is 1. The molecule has 2 saturated heterocycles. The lowest BCUT2D eigenvalue weighted by Gasteiger charge is -2.46. The van der Waals surface area contributed by atoms with Crippen molar-refractivity contribution in [3.8, 4) is 0 Å². The van der Waals surface area contributed by atoms with Crippen molar-refractivity contribution in [3.05, 3.63) is 34.3 Å². The highest BCUT2D eigenvalue weighted by Crippen LogP contribution is 2.56. The first-order valence-corrected chi connectivity index (χ1v) is 7.63. The van der Waals surface area contributed by atoms with Gasteiger partial charge in [-0.05, 0) is 37.8 Å². The van der Waals surface area contributed by atoms with E-state index in [9.17, 15) is 5.11 Å². The van der Waals surface area contributed by atoms with Gasteiger partial charge >= 0.3 is 0 Å². The number of hydrogen-bond acceptors (Lipinski definition) is 3. The molecule has 3 rings (SSSR count). The zero-order chi connectivity index (χ0) is 13.7. The summed E-state index contributed by atoms with van der Waals surface area (Å²) in [5.74, 6) is 0. The van der Waals surface area contributed by atoms with Crippen LogP contribution in [0.2, 0.25) is 0 Å². The van der Waals surface area contributed by atoms with Crippen molar-refractivity contribution in [2.45, 2.75) is 44.0 Å². The van der Waals surface area contributed by atoms with Crippen LogP contribution < -0.4 is 5.73 Å². The summed E-state index contributed by atoms with van der Waals surface area (Å²) in [6.07, 6.45) is 3.29. The summed E-state index contributed by atoms with van der Waals surface area (Å²) in [4.78, 5) is 0. The van der Waals surface area contributed by atoms with E-state index >= 15 is 0 Å². The normalized spacial score (nSPS) is 36.4. The predicted octanol–water partition coefficient (Wildman–Crippen LogP) is 2.55. The van der Waals surface area contributed by atoms with Crippen LogP contribution in [0.3, 0.4) is 0 Å². The molecule has 1 aromatic carbocycles. The van der Waals surface area contributed by atoms with E-state index in [1.165, 1.54) is 0 Å². The fourth-order valence-electron chi connectivity index (χ4n) is 3.85. The summed E-state index contributed by atoms with van der Waals surface area (Å²) in [5.41, 5.74) is 5.61. The molecule has 1 aromatic rings. The molecule has 2 aliphatic heterocycles. The third-order valence-electron chi connectivity index (χ3n) is 5.05. The van der Waals surface area contributed by atoms with Crippen LogP contribution in [0.4, 0.5) is 0 Å². The zero-order valence-electron chi connectivity index (χ0n) is 11.1. The van der Waals surface area contributed by atoms with E-state index in [-0.39, 0.29) is 17.6 Å². The fraction of sp³-hybridized carbons (Fsp3) is 0.600. The average molecular weight is 326 g/mol. The topological polar surface area (TPSA) is 55.5 Å². The largest absolute Gasteiger partial charge is 0.385 e. The van der Waals surface area contributed by atoms with E-state index in [0.717, 1.165) is 29.3 Å². The molecule has 3 N–H and O–H groups in total. The summed E-state index contributed by atoms with van der Waals surface area (Å²) >= 11 is 3.54. The van der Waals surface area contributed by atoms with Gasteiger partial charge in [0.25, 0.3) is 0 Å². The second kappa shape index (κ2) is 4.55. The first-order valence-electron chi connectivity index (χ1n) is 6.84. The predicted molar refractivity (Wildman–Crippen MR) is 77.7 cm³/mol. The van der Waals surface area contributed by atoms with Gasteiger partial charge in [-0.1, -0.05) is 34.1 Å². The Morgan fingerprint density at radius 1 is 1.47 bits per heavy atom. The lowest BCUT2D eigenvalue weighted by atomic mass is 9.61. The van der Waals surface area contributed by atoms with E-state index in [1.54, 1.807) is 0 Å². The van der Waals surface area contributed by atoms with Crippen LogP contribution in [0, 0.1) is 5.41 Å². The van der Waals surface area contributed by atoms with Gasteiger partial charge in [-0.15, -0.1) is 0 Å². The maximum Gasteiger partial charge on any atom is 0.0973 e. The van der Waals surface area contributed by atoms with E-state index < -0.39 is 5.60 Å². The van der Waals surface area contributed by atoms with Gasteiger partial charge in [0.1, 0.15) is 0 Å². The molecule has 4 unspecified atom stereocenters. The summed E-state index contributed by atoms with van der Waals surface area (Å²) < 4.78 is 6.90. The van der Waals surface area contributed by atoms with Gasteiger partial charge in [-0.25, -0.2) is 0 Å². The van der Waals surface area contributed by atoms with E-state index in [2.05, 4.69) is 15.9 Å². The molecule has 0 amide bonds. The minimum atomic E-state index is -0.984. The Balaban J connectivity index is 2.06. The van der Waals surface area contributed by atoms with Gasteiger partial charge in [0.2, 0.25) is 0 Å². The second-order valence-electron chi connectivity index (χ2n) is 5.94. The van der Waals surface area contributed by atoms with Gasteiger partial charge in [0, 0.05) is 16.4 Å². The summed E-state index contributed by atoms with van der Waals surface area (Å²) in [6, 6.07) is 7.83. The van der Waals surface area contributed by atoms with Gasteiger partial charge < -0.3 is 15.6 Å². The number of nitrogens with two attached hydrogens (primary N) is 1. The number of ether oxygens (including phenoxy) is 1. The smallest absolute Gasteiger partial charge is 0.0973 e. The molecule has 0 saturated carbocycles. The molecule has 4 atom stereocenters. The van der Waals surface area contributed by atoms with Gasteiger partial charge in [0.05, 0.1) is 17.8 Å². The van der Waals surface area contributed by atoms with Crippen molar-refractivity contribution in [1.29, 1.82) is 0 Å². The zero-order valence-corrected chi connectivity index (χ0v) is 12.7. The molecular formula is C15H20BrNO2. The number of benzene rings is 1. The molecule has 0 aliphatic carbocycles. The standard InChI is InChI=1S/C15H20BrNO2/c1-14(18,11-4-2-3-5-12(11)16)15(9-17)8-10-6-7-13(15)19-10/h2-5,10,13,18H,6-9,17H2,1H3. The maximum absolute atomic E-state index is 11.2. The van der Waals surface area contributed by atoms with Crippen molar-refractivity contribution in [3.63, 3.8) is 0 Å². The lowest BCUT2D eigenvalue weighted by Crippen LogP contribution is -2.54. The van der Waals surface area contributed by atoms with Crippen molar-refractivity contribution in [1.82, 2.24) is 0 Å². The SMILES string of the molecule is CC(O)(c1ccccc1Br)C1(CN)CC2CCC1O2. The molecule has 3 nitrogen and oxygen atoms in total. The third kappa shape index (κ3) is 1.81. The number of hydrogen-bond donors (Lipinski definition) is 2. The average Bonchev–Trinajstić information content (AvgIpc) is 2.99. The molecule has 104 valence electrons. The van der Waals surface area contributed by atoms with Crippen molar-refractivity contribution in [2.75, 3.05) is 6.54 Å². The lowest BCUT2D eigenvalue weighted by molar-refractivity contribution is -0.105. The summed E-state index contributed by atoms with van der Waals surface area (Å²) in [5, 5.41) is 11.2. The van der Waals surface area contributed by atoms with Gasteiger partial charge in [-0.2, -0.15) is 0 Å². The molecule has 2 heterocycles. The van der Waals surface area contributed by atoms with Gasteiger partial charge in [0.15, 0.2) is 0 Å². The van der Waals surface area contributed by atoms with Crippen LogP contribution in [0.5, 0.6) is 0 Å². The highest BCUT2D eigenvalue weighted by atomic mass is 79.9. The van der Waals surface area contributed by atoms with E-state index in [4.69, 9.17) is 10.5 Å². The Hall–Kier alpha value is -0.420. The summed E-state index contributed by atoms with van der Waals surface area (Å²) in [6.45, 7) is 2.33. The molecular weight excluding hydrogens is 306 g/mol. The van der Waals surface area contributed by atoms with Crippen LogP contribution in [-0.2, 0) is 10.3 Å². The monoisotopic (exact) mass is 325 g/mol. The van der Waals surface area contributed by atoms with Crippen LogP contribution >= 0.6 is 15.9 Å². The Morgan fingerprint density at radius 3 is 2.74 bits per heavy atom. The third-order valence-corrected chi connectivity index (χ3v) is 5.74. The highest BCUT2D eigenvalue weighted by molar-refractivity contribution is 9.10. The number of fused-ring (bicyclic) bond motifs is 2. The molecule has 0 aromatic heterocycles. The Kier molecular flexibility index (Phi) is 3.25. The second-order valence-corrected chi connectivity index (χ2v) is 6.79. The molecule has 19 heavy (non-hydrogen) atoms. The number of halogens is 1. The van der Waals surface area contributed by atoms with Crippen LogP contribution in [0.25, 0.3) is 0 Å². The molecule has 4 heteroatoms. The highest BCUT2D eigenvalue weighted by Gasteiger charge is 2.61. The number of rotatable bonds is 3. The first kappa shape index (κ1) is 13.6. The van der Waals surface area contributed by atoms with E-state index in [0.29, 0.717) is 6.54 Å². The van der Waals surface area contributed by atoms with Crippen molar-refractivity contribution < 1.29 is 9.84 Å². The Morgan fingerprint density at radius 2 is 2.21 bits per heavy atom. The molecule has 2 aliphatic rings. The van der Waals surface area contributed by atoms with Gasteiger partial charge in [-0.3, -0.25) is 0 Å². The van der Waals surface area contributed by atoms with Crippen molar-refractivity contribution >= 4 is 15.9 Å². The first-order chi connectivity index (χ1) is 9.01. The molecule has 2 fully saturated rings. The Bertz CT molecular complexity index is 491. The quantitative estimate of drug-likeness (QED) is 0.898. The van der Waals surface area contributed by atoms with Crippen molar-refractivity contribution in [2.24, 2.45) is 11.1 Å². The minimum Gasteiger partial charge on any atom is -0.385 e. The molecule has 0 spiro atoms. The Labute approximate surface area is 122 Å². The van der Waals surface area contributed by atoms with Crippen LogP contribution in [0.15, 0.2) is 28.7 Å². The molecule has 0 radical (unpaired) electrons. The van der Waals surface area contributed by atoms with Crippen LogP contribution in [0.1, 0.15) is 31.7 Å². The van der Waals surface area contributed by atoms with Crippen LogP contribution in [-0.4, -0.2) is 23.9 Å². The fourth-order valence-corrected chi connectivity index (χ4v) is 4.52. The van der Waals surface area contributed by atoms with E-state index in [1.807, 2.05) is 31.2 Å². The molecule has 2 bridgehead atoms.